The van der Waals surface area contributed by atoms with E-state index in [0.717, 1.165) is 16.5 Å². The van der Waals surface area contributed by atoms with Gasteiger partial charge in [0.1, 0.15) is 11.6 Å². The van der Waals surface area contributed by atoms with E-state index in [0.29, 0.717) is 44.0 Å². The Labute approximate surface area is 260 Å². The van der Waals surface area contributed by atoms with Crippen LogP contribution >= 0.6 is 11.3 Å². The topological polar surface area (TPSA) is 68.4 Å². The third kappa shape index (κ3) is 5.32. The maximum Gasteiger partial charge on any atom is 0.271 e. The predicted molar refractivity (Wildman–Crippen MR) is 173 cm³/mol. The molecule has 1 aliphatic heterocycles. The van der Waals surface area contributed by atoms with Crippen molar-refractivity contribution in [2.45, 2.75) is 19.5 Å². The van der Waals surface area contributed by atoms with Crippen LogP contribution in [0.25, 0.3) is 17.0 Å². The monoisotopic (exact) mass is 616 g/mol. The lowest BCUT2D eigenvalue weighted by Crippen LogP contribution is -2.40. The molecule has 0 fully saturated rings. The first-order valence-electron chi connectivity index (χ1n) is 14.3. The van der Waals surface area contributed by atoms with Gasteiger partial charge in [0.25, 0.3) is 11.5 Å². The van der Waals surface area contributed by atoms with Gasteiger partial charge in [-0.25, -0.2) is 13.8 Å². The number of amides is 1. The molecule has 0 radical (unpaired) electrons. The molecule has 1 amide bonds. The van der Waals surface area contributed by atoms with Crippen LogP contribution in [0.4, 0.5) is 14.5 Å². The van der Waals surface area contributed by atoms with Gasteiger partial charge in [-0.1, -0.05) is 78.1 Å². The summed E-state index contributed by atoms with van der Waals surface area (Å²) in [4.78, 5) is 33.0. The molecular weight excluding hydrogens is 590 g/mol. The fourth-order valence-electron chi connectivity index (χ4n) is 5.76. The first-order valence-corrected chi connectivity index (χ1v) is 15.1. The summed E-state index contributed by atoms with van der Waals surface area (Å²) in [6.45, 7) is 2.07. The van der Waals surface area contributed by atoms with Crippen LogP contribution in [0.1, 0.15) is 29.7 Å². The van der Waals surface area contributed by atoms with Gasteiger partial charge in [0.15, 0.2) is 4.80 Å². The van der Waals surface area contributed by atoms with Crippen molar-refractivity contribution >= 4 is 39.9 Å². The smallest absolute Gasteiger partial charge is 0.271 e. The molecule has 0 bridgehead atoms. The van der Waals surface area contributed by atoms with Crippen molar-refractivity contribution in [3.63, 3.8) is 0 Å². The summed E-state index contributed by atoms with van der Waals surface area (Å²) in [6.07, 6.45) is 3.73. The molecule has 9 heteroatoms. The van der Waals surface area contributed by atoms with Crippen molar-refractivity contribution in [3.8, 4) is 0 Å². The number of thiazole rings is 1. The fourth-order valence-corrected chi connectivity index (χ4v) is 6.80. The zero-order valence-corrected chi connectivity index (χ0v) is 24.9. The molecule has 0 saturated heterocycles. The first kappa shape index (κ1) is 28.4. The van der Waals surface area contributed by atoms with Gasteiger partial charge in [-0.15, -0.1) is 0 Å². The minimum Gasteiger partial charge on any atom is -0.342 e. The maximum atomic E-state index is 14.5. The van der Waals surface area contributed by atoms with Crippen LogP contribution in [0.3, 0.4) is 0 Å². The second-order valence-electron chi connectivity index (χ2n) is 10.8. The number of anilines is 1. The van der Waals surface area contributed by atoms with E-state index in [-0.39, 0.29) is 11.4 Å². The number of hydrogen-bond acceptors (Lipinski definition) is 4. The van der Waals surface area contributed by atoms with E-state index < -0.39 is 17.8 Å². The molecule has 6 nitrogen and oxygen atoms in total. The number of rotatable bonds is 6. The van der Waals surface area contributed by atoms with Crippen LogP contribution in [-0.2, 0) is 11.3 Å². The zero-order valence-electron chi connectivity index (χ0n) is 24.1. The number of hydrogen-bond donors (Lipinski definition) is 1. The average molecular weight is 617 g/mol. The normalized spacial score (nSPS) is 14.8. The van der Waals surface area contributed by atoms with Crippen LogP contribution in [0.2, 0.25) is 0 Å². The standard InChI is InChI=1S/C36H26F2N4O2S/c1-22-32(34(43)40-27-10-3-2-4-11-27)33(23-15-17-26(37)18-16-23)42-35(44)31(45-36(42)39-22)19-25-21-41(30-14-8-6-12-28(25)30)20-24-9-5-7-13-29(24)38/h2-19,21,33H,20H2,1H3,(H,40,43)/b31-19-/t33-/m1/s1. The summed E-state index contributed by atoms with van der Waals surface area (Å²) >= 11 is 1.22. The van der Waals surface area contributed by atoms with Gasteiger partial charge < -0.3 is 9.88 Å². The molecule has 1 aliphatic rings. The van der Waals surface area contributed by atoms with Crippen LogP contribution in [0.15, 0.2) is 130 Å². The van der Waals surface area contributed by atoms with E-state index in [1.165, 1.54) is 34.1 Å². The van der Waals surface area contributed by atoms with Gasteiger partial charge in [-0.05, 0) is 55.0 Å². The van der Waals surface area contributed by atoms with E-state index in [1.54, 1.807) is 49.4 Å². The number of fused-ring (bicyclic) bond motifs is 2. The van der Waals surface area contributed by atoms with Crippen molar-refractivity contribution in [1.82, 2.24) is 9.13 Å². The number of para-hydroxylation sites is 2. The van der Waals surface area contributed by atoms with Gasteiger partial charge in [0.2, 0.25) is 0 Å². The highest BCUT2D eigenvalue weighted by Gasteiger charge is 2.32. The highest BCUT2D eigenvalue weighted by Crippen LogP contribution is 2.31. The van der Waals surface area contributed by atoms with Crippen LogP contribution in [-0.4, -0.2) is 15.0 Å². The summed E-state index contributed by atoms with van der Waals surface area (Å²) in [5.74, 6) is -1.11. The van der Waals surface area contributed by atoms with Gasteiger partial charge in [-0.3, -0.25) is 14.2 Å². The number of halogens is 2. The lowest BCUT2D eigenvalue weighted by molar-refractivity contribution is -0.113. The van der Waals surface area contributed by atoms with Gasteiger partial charge in [0, 0.05) is 33.9 Å². The van der Waals surface area contributed by atoms with Crippen LogP contribution in [0, 0.1) is 11.6 Å². The molecule has 0 saturated carbocycles. The molecule has 6 aromatic rings. The molecule has 0 unspecified atom stereocenters. The Kier molecular flexibility index (Phi) is 7.31. The Hall–Kier alpha value is -5.41. The first-order chi connectivity index (χ1) is 21.9. The maximum absolute atomic E-state index is 14.5. The van der Waals surface area contributed by atoms with E-state index in [9.17, 15) is 18.4 Å². The van der Waals surface area contributed by atoms with Crippen molar-refractivity contribution in [2.75, 3.05) is 5.32 Å². The largest absolute Gasteiger partial charge is 0.342 e. The van der Waals surface area contributed by atoms with E-state index >= 15 is 0 Å². The van der Waals surface area contributed by atoms with E-state index in [4.69, 9.17) is 4.99 Å². The number of benzene rings is 4. The lowest BCUT2D eigenvalue weighted by Gasteiger charge is -2.25. The van der Waals surface area contributed by atoms with Crippen molar-refractivity contribution in [2.24, 2.45) is 4.99 Å². The molecule has 0 aliphatic carbocycles. The Morgan fingerprint density at radius 3 is 2.42 bits per heavy atom. The van der Waals surface area contributed by atoms with E-state index in [2.05, 4.69) is 5.32 Å². The quantitative estimate of drug-likeness (QED) is 0.244. The van der Waals surface area contributed by atoms with Crippen LogP contribution < -0.4 is 20.2 Å². The minimum atomic E-state index is -0.824. The number of nitrogens with zero attached hydrogens (tertiary/aromatic N) is 3. The van der Waals surface area contributed by atoms with Crippen molar-refractivity contribution < 1.29 is 13.6 Å². The number of carbonyl (C=O) groups is 1. The molecule has 2 aromatic heterocycles. The summed E-state index contributed by atoms with van der Waals surface area (Å²) in [5, 5.41) is 3.83. The van der Waals surface area contributed by atoms with Gasteiger partial charge >= 0.3 is 0 Å². The van der Waals surface area contributed by atoms with Crippen LogP contribution in [0.5, 0.6) is 0 Å². The minimum absolute atomic E-state index is 0.284. The molecular formula is C36H26F2N4O2S. The van der Waals surface area contributed by atoms with Gasteiger partial charge in [0.05, 0.1) is 28.4 Å². The zero-order chi connectivity index (χ0) is 31.1. The van der Waals surface area contributed by atoms with Crippen molar-refractivity contribution in [1.29, 1.82) is 0 Å². The molecule has 3 heterocycles. The number of carbonyl (C=O) groups excluding carboxylic acids is 1. The Balaban J connectivity index is 1.36. The summed E-state index contributed by atoms with van der Waals surface area (Å²) in [7, 11) is 0. The lowest BCUT2D eigenvalue weighted by atomic mass is 9.95. The second kappa shape index (κ2) is 11.6. The highest BCUT2D eigenvalue weighted by atomic mass is 32.1. The number of allylic oxidation sites excluding steroid dienone is 1. The average Bonchev–Trinajstić information content (AvgIpc) is 3.54. The third-order valence-electron chi connectivity index (χ3n) is 7.89. The number of aromatic nitrogens is 2. The SMILES string of the molecule is CC1=C(C(=O)Nc2ccccc2)[C@@H](c2ccc(F)cc2)n2c(s/c(=C\c3cn(Cc4ccccc4F)c4ccccc34)c2=O)=N1. The molecule has 222 valence electrons. The summed E-state index contributed by atoms with van der Waals surface area (Å²) < 4.78 is 32.4. The Morgan fingerprint density at radius 1 is 0.933 bits per heavy atom. The molecule has 45 heavy (non-hydrogen) atoms. The second-order valence-corrected chi connectivity index (χ2v) is 11.8. The summed E-state index contributed by atoms with van der Waals surface area (Å²) in [5.41, 5.74) is 3.88. The van der Waals surface area contributed by atoms with E-state index in [1.807, 2.05) is 59.3 Å². The third-order valence-corrected chi connectivity index (χ3v) is 8.87. The van der Waals surface area contributed by atoms with Crippen molar-refractivity contribution in [3.05, 3.63) is 169 Å². The van der Waals surface area contributed by atoms with Gasteiger partial charge in [-0.2, -0.15) is 0 Å². The molecule has 4 aromatic carbocycles. The molecule has 0 spiro atoms. The molecule has 1 atom stereocenters. The Bertz CT molecular complexity index is 2300. The molecule has 1 N–H and O–H groups in total. The number of nitrogens with one attached hydrogen (secondary N) is 1. The fraction of sp³-hybridized carbons (Fsp3) is 0.0833. The molecule has 7 rings (SSSR count). The Morgan fingerprint density at radius 2 is 1.64 bits per heavy atom. The summed E-state index contributed by atoms with van der Waals surface area (Å²) in [6, 6.07) is 28.5. The highest BCUT2D eigenvalue weighted by molar-refractivity contribution is 7.07. The predicted octanol–water partition coefficient (Wildman–Crippen LogP) is 6.16.